The molecule has 0 bridgehead atoms. The lowest BCUT2D eigenvalue weighted by Crippen LogP contribution is -2.35. The monoisotopic (exact) mass is 295 g/mol. The molecule has 1 aliphatic rings. The van der Waals surface area contributed by atoms with Crippen LogP contribution in [-0.4, -0.2) is 12.6 Å². The van der Waals surface area contributed by atoms with E-state index in [1.165, 1.54) is 96.4 Å². The van der Waals surface area contributed by atoms with Gasteiger partial charge in [-0.1, -0.05) is 78.1 Å². The summed E-state index contributed by atoms with van der Waals surface area (Å²) in [6.07, 6.45) is 20.3. The summed E-state index contributed by atoms with van der Waals surface area (Å²) in [5.41, 5.74) is 0.690. The van der Waals surface area contributed by atoms with Gasteiger partial charge in [0.05, 0.1) is 0 Å². The van der Waals surface area contributed by atoms with E-state index < -0.39 is 0 Å². The smallest absolute Gasteiger partial charge is 0.00951 e. The second kappa shape index (κ2) is 11.5. The molecule has 1 atom stereocenters. The molecule has 1 unspecified atom stereocenters. The molecule has 1 aliphatic carbocycles. The van der Waals surface area contributed by atoms with Gasteiger partial charge in [-0.3, -0.25) is 0 Å². The summed E-state index contributed by atoms with van der Waals surface area (Å²) in [5.74, 6) is 0. The molecule has 1 nitrogen and oxygen atoms in total. The van der Waals surface area contributed by atoms with Crippen molar-refractivity contribution in [2.24, 2.45) is 5.41 Å². The molecule has 126 valence electrons. The highest BCUT2D eigenvalue weighted by Crippen LogP contribution is 2.52. The number of hydrogen-bond acceptors (Lipinski definition) is 1. The van der Waals surface area contributed by atoms with E-state index in [0.29, 0.717) is 5.41 Å². The molecule has 0 radical (unpaired) electrons. The van der Waals surface area contributed by atoms with Crippen molar-refractivity contribution in [3.05, 3.63) is 0 Å². The molecule has 0 saturated heterocycles. The Morgan fingerprint density at radius 3 is 1.76 bits per heavy atom. The average molecular weight is 296 g/mol. The van der Waals surface area contributed by atoms with Crippen LogP contribution < -0.4 is 5.32 Å². The lowest BCUT2D eigenvalue weighted by molar-refractivity contribution is 0.319. The van der Waals surface area contributed by atoms with Crippen LogP contribution in [0.1, 0.15) is 111 Å². The van der Waals surface area contributed by atoms with Gasteiger partial charge >= 0.3 is 0 Å². The Labute approximate surface area is 134 Å². The van der Waals surface area contributed by atoms with Crippen LogP contribution in [0.5, 0.6) is 0 Å². The zero-order valence-electron chi connectivity index (χ0n) is 15.2. The maximum Gasteiger partial charge on any atom is 0.00951 e. The molecule has 1 heteroatoms. The molecular weight excluding hydrogens is 254 g/mol. The SMILES string of the molecule is CCCCCCCCCCCCC1(C(C)NCCC)CC1. The first-order valence-corrected chi connectivity index (χ1v) is 9.98. The Balaban J connectivity index is 1.90. The highest BCUT2D eigenvalue weighted by atomic mass is 14.9. The van der Waals surface area contributed by atoms with E-state index >= 15 is 0 Å². The standard InChI is InChI=1S/C20H41N/c1-4-6-7-8-9-10-11-12-13-14-15-20(16-17-20)19(3)21-18-5-2/h19,21H,4-18H2,1-3H3. The van der Waals surface area contributed by atoms with Gasteiger partial charge in [0.1, 0.15) is 0 Å². The third-order valence-corrected chi connectivity index (χ3v) is 5.54. The van der Waals surface area contributed by atoms with E-state index in [9.17, 15) is 0 Å². The van der Waals surface area contributed by atoms with Crippen LogP contribution in [0.25, 0.3) is 0 Å². The van der Waals surface area contributed by atoms with Gasteiger partial charge in [0.15, 0.2) is 0 Å². The predicted molar refractivity (Wildman–Crippen MR) is 95.9 cm³/mol. The van der Waals surface area contributed by atoms with Crippen molar-refractivity contribution < 1.29 is 0 Å². The van der Waals surface area contributed by atoms with E-state index in [1.54, 1.807) is 0 Å². The van der Waals surface area contributed by atoms with Gasteiger partial charge in [0, 0.05) is 6.04 Å². The first kappa shape index (κ1) is 19.0. The fourth-order valence-corrected chi connectivity index (χ4v) is 3.60. The van der Waals surface area contributed by atoms with Crippen molar-refractivity contribution in [3.8, 4) is 0 Å². The Morgan fingerprint density at radius 1 is 0.762 bits per heavy atom. The Hall–Kier alpha value is -0.0400. The van der Waals surface area contributed by atoms with Crippen molar-refractivity contribution in [1.82, 2.24) is 5.32 Å². The van der Waals surface area contributed by atoms with Crippen LogP contribution >= 0.6 is 0 Å². The molecule has 1 rings (SSSR count). The topological polar surface area (TPSA) is 12.0 Å². The van der Waals surface area contributed by atoms with Gasteiger partial charge < -0.3 is 5.32 Å². The van der Waals surface area contributed by atoms with Crippen molar-refractivity contribution in [3.63, 3.8) is 0 Å². The molecule has 1 saturated carbocycles. The number of rotatable bonds is 15. The van der Waals surface area contributed by atoms with Gasteiger partial charge in [-0.15, -0.1) is 0 Å². The molecule has 0 aromatic heterocycles. The summed E-state index contributed by atoms with van der Waals surface area (Å²) in [7, 11) is 0. The molecule has 0 aliphatic heterocycles. The molecule has 0 spiro atoms. The molecule has 0 aromatic rings. The second-order valence-corrected chi connectivity index (χ2v) is 7.47. The number of hydrogen-bond donors (Lipinski definition) is 1. The van der Waals surface area contributed by atoms with E-state index in [1.807, 2.05) is 0 Å². The van der Waals surface area contributed by atoms with E-state index in [0.717, 1.165) is 6.04 Å². The minimum Gasteiger partial charge on any atom is -0.314 e. The Bertz CT molecular complexity index is 232. The minimum atomic E-state index is 0.690. The molecule has 0 heterocycles. The molecular formula is C20H41N. The fourth-order valence-electron chi connectivity index (χ4n) is 3.60. The number of nitrogens with one attached hydrogen (secondary N) is 1. The highest BCUT2D eigenvalue weighted by Gasteiger charge is 2.45. The van der Waals surface area contributed by atoms with Crippen LogP contribution in [0.15, 0.2) is 0 Å². The van der Waals surface area contributed by atoms with Gasteiger partial charge in [-0.2, -0.15) is 0 Å². The lowest BCUT2D eigenvalue weighted by atomic mass is 9.90. The summed E-state index contributed by atoms with van der Waals surface area (Å²) in [6, 6.07) is 0.746. The molecule has 0 aromatic carbocycles. The van der Waals surface area contributed by atoms with E-state index in [4.69, 9.17) is 0 Å². The maximum absolute atomic E-state index is 3.72. The Morgan fingerprint density at radius 2 is 1.29 bits per heavy atom. The van der Waals surface area contributed by atoms with Crippen LogP contribution in [0.3, 0.4) is 0 Å². The summed E-state index contributed by atoms with van der Waals surface area (Å²) in [4.78, 5) is 0. The van der Waals surface area contributed by atoms with Crippen LogP contribution in [0, 0.1) is 5.41 Å². The Kier molecular flexibility index (Phi) is 10.4. The molecule has 0 amide bonds. The van der Waals surface area contributed by atoms with Gasteiger partial charge in [0.2, 0.25) is 0 Å². The molecule has 1 fully saturated rings. The molecule has 1 N–H and O–H groups in total. The van der Waals surface area contributed by atoms with Crippen molar-refractivity contribution >= 4 is 0 Å². The third-order valence-electron chi connectivity index (χ3n) is 5.54. The minimum absolute atomic E-state index is 0.690. The van der Waals surface area contributed by atoms with E-state index in [-0.39, 0.29) is 0 Å². The summed E-state index contributed by atoms with van der Waals surface area (Å²) in [6.45, 7) is 8.17. The van der Waals surface area contributed by atoms with Crippen molar-refractivity contribution in [2.75, 3.05) is 6.54 Å². The largest absolute Gasteiger partial charge is 0.314 e. The zero-order chi connectivity index (χ0) is 15.4. The second-order valence-electron chi connectivity index (χ2n) is 7.47. The summed E-state index contributed by atoms with van der Waals surface area (Å²) in [5, 5.41) is 3.72. The summed E-state index contributed by atoms with van der Waals surface area (Å²) >= 11 is 0. The first-order chi connectivity index (χ1) is 10.2. The van der Waals surface area contributed by atoms with Crippen LogP contribution in [0.4, 0.5) is 0 Å². The van der Waals surface area contributed by atoms with Crippen LogP contribution in [-0.2, 0) is 0 Å². The first-order valence-electron chi connectivity index (χ1n) is 9.98. The molecule has 21 heavy (non-hydrogen) atoms. The van der Waals surface area contributed by atoms with Crippen molar-refractivity contribution in [2.45, 2.75) is 117 Å². The van der Waals surface area contributed by atoms with Gasteiger partial charge in [0.25, 0.3) is 0 Å². The fraction of sp³-hybridized carbons (Fsp3) is 1.00. The van der Waals surface area contributed by atoms with E-state index in [2.05, 4.69) is 26.1 Å². The quantitative estimate of drug-likeness (QED) is 0.342. The third kappa shape index (κ3) is 8.24. The van der Waals surface area contributed by atoms with Crippen molar-refractivity contribution in [1.29, 1.82) is 0 Å². The maximum atomic E-state index is 3.72. The van der Waals surface area contributed by atoms with Crippen LogP contribution in [0.2, 0.25) is 0 Å². The average Bonchev–Trinajstić information content (AvgIpc) is 3.28. The van der Waals surface area contributed by atoms with Gasteiger partial charge in [-0.05, 0) is 44.6 Å². The normalized spacial score (nSPS) is 17.9. The predicted octanol–water partition coefficient (Wildman–Crippen LogP) is 6.47. The number of unbranched alkanes of at least 4 members (excludes halogenated alkanes) is 9. The van der Waals surface area contributed by atoms with Gasteiger partial charge in [-0.25, -0.2) is 0 Å². The highest BCUT2D eigenvalue weighted by molar-refractivity contribution is 5.00. The zero-order valence-corrected chi connectivity index (χ0v) is 15.2. The summed E-state index contributed by atoms with van der Waals surface area (Å²) < 4.78 is 0. The lowest BCUT2D eigenvalue weighted by Gasteiger charge is -2.24.